The van der Waals surface area contributed by atoms with Crippen molar-refractivity contribution >= 4 is 69.6 Å². The van der Waals surface area contributed by atoms with Crippen LogP contribution in [0.25, 0.3) is 0 Å². The van der Waals surface area contributed by atoms with Crippen LogP contribution < -0.4 is 10.6 Å². The van der Waals surface area contributed by atoms with Gasteiger partial charge in [-0.3, -0.25) is 9.59 Å². The Hall–Kier alpha value is -1.53. The van der Waals surface area contributed by atoms with Gasteiger partial charge in [-0.25, -0.2) is 4.98 Å². The molecule has 0 saturated carbocycles. The minimum Gasteiger partial charge on any atom is -0.326 e. The van der Waals surface area contributed by atoms with E-state index in [9.17, 15) is 9.59 Å². The van der Waals surface area contributed by atoms with Crippen LogP contribution in [0.15, 0.2) is 24.3 Å². The van der Waals surface area contributed by atoms with Crippen LogP contribution in [-0.4, -0.2) is 16.8 Å². The van der Waals surface area contributed by atoms with Gasteiger partial charge in [0.15, 0.2) is 0 Å². The SMILES string of the molecule is CC(=O)Nc1cccc(NC(=O)c2nc(Cl)c(Cl)c(Cl)c2Cl)c1. The van der Waals surface area contributed by atoms with E-state index in [2.05, 4.69) is 15.6 Å². The maximum absolute atomic E-state index is 12.3. The third-order valence-electron chi connectivity index (χ3n) is 2.64. The molecule has 0 aliphatic heterocycles. The van der Waals surface area contributed by atoms with E-state index in [1.165, 1.54) is 6.92 Å². The molecule has 2 aromatic rings. The van der Waals surface area contributed by atoms with Gasteiger partial charge in [-0.2, -0.15) is 0 Å². The Balaban J connectivity index is 2.28. The molecule has 0 radical (unpaired) electrons. The first-order valence-electron chi connectivity index (χ1n) is 6.18. The first kappa shape index (κ1) is 17.8. The highest BCUT2D eigenvalue weighted by Crippen LogP contribution is 2.36. The van der Waals surface area contributed by atoms with Crippen molar-refractivity contribution in [2.75, 3.05) is 10.6 Å². The number of carbonyl (C=O) groups is 2. The van der Waals surface area contributed by atoms with Crippen LogP contribution in [0.1, 0.15) is 17.4 Å². The highest BCUT2D eigenvalue weighted by molar-refractivity contribution is 6.52. The average Bonchev–Trinajstić information content (AvgIpc) is 2.48. The fourth-order valence-corrected chi connectivity index (χ4v) is 2.52. The molecule has 23 heavy (non-hydrogen) atoms. The van der Waals surface area contributed by atoms with E-state index in [1.54, 1.807) is 24.3 Å². The monoisotopic (exact) mass is 391 g/mol. The van der Waals surface area contributed by atoms with Gasteiger partial charge >= 0.3 is 0 Å². The Bertz CT molecular complexity index is 796. The number of aromatic nitrogens is 1. The molecule has 5 nitrogen and oxygen atoms in total. The number of carbonyl (C=O) groups excluding carboxylic acids is 2. The van der Waals surface area contributed by atoms with Crippen LogP contribution in [0.3, 0.4) is 0 Å². The summed E-state index contributed by atoms with van der Waals surface area (Å²) >= 11 is 23.5. The van der Waals surface area contributed by atoms with Gasteiger partial charge in [0.25, 0.3) is 5.91 Å². The van der Waals surface area contributed by atoms with Gasteiger partial charge < -0.3 is 10.6 Å². The molecule has 1 heterocycles. The second-order valence-corrected chi connectivity index (χ2v) is 5.90. The molecule has 0 saturated heterocycles. The van der Waals surface area contributed by atoms with Gasteiger partial charge in [0.1, 0.15) is 10.8 Å². The zero-order chi connectivity index (χ0) is 17.1. The van der Waals surface area contributed by atoms with E-state index in [0.29, 0.717) is 11.4 Å². The summed E-state index contributed by atoms with van der Waals surface area (Å²) < 4.78 is 0. The van der Waals surface area contributed by atoms with Crippen molar-refractivity contribution in [2.24, 2.45) is 0 Å². The summed E-state index contributed by atoms with van der Waals surface area (Å²) in [5, 5.41) is 4.89. The second-order valence-electron chi connectivity index (χ2n) is 4.41. The van der Waals surface area contributed by atoms with E-state index in [4.69, 9.17) is 46.4 Å². The lowest BCUT2D eigenvalue weighted by atomic mass is 10.2. The maximum atomic E-state index is 12.3. The van der Waals surface area contributed by atoms with Crippen LogP contribution in [-0.2, 0) is 4.79 Å². The molecule has 1 aromatic carbocycles. The number of anilines is 2. The molecule has 0 aliphatic rings. The molecule has 0 fully saturated rings. The zero-order valence-electron chi connectivity index (χ0n) is 11.6. The van der Waals surface area contributed by atoms with E-state index in [1.807, 2.05) is 0 Å². The third-order valence-corrected chi connectivity index (χ3v) is 4.32. The summed E-state index contributed by atoms with van der Waals surface area (Å²) in [4.78, 5) is 27.2. The van der Waals surface area contributed by atoms with Crippen LogP contribution in [0, 0.1) is 0 Å². The quantitative estimate of drug-likeness (QED) is 0.729. The number of rotatable bonds is 3. The minimum atomic E-state index is -0.615. The lowest BCUT2D eigenvalue weighted by Crippen LogP contribution is -2.15. The normalized spacial score (nSPS) is 10.3. The molecule has 0 aliphatic carbocycles. The van der Waals surface area contributed by atoms with Crippen molar-refractivity contribution < 1.29 is 9.59 Å². The molecule has 1 aromatic heterocycles. The largest absolute Gasteiger partial charge is 0.326 e. The van der Waals surface area contributed by atoms with Crippen molar-refractivity contribution in [3.8, 4) is 0 Å². The number of nitrogens with one attached hydrogen (secondary N) is 2. The lowest BCUT2D eigenvalue weighted by molar-refractivity contribution is -0.114. The molecule has 0 spiro atoms. The van der Waals surface area contributed by atoms with E-state index in [-0.39, 0.29) is 31.8 Å². The first-order chi connectivity index (χ1) is 10.8. The molecule has 0 bridgehead atoms. The molecule has 120 valence electrons. The predicted octanol–water partition coefficient (Wildman–Crippen LogP) is 4.91. The van der Waals surface area contributed by atoms with Gasteiger partial charge in [0, 0.05) is 18.3 Å². The van der Waals surface area contributed by atoms with Gasteiger partial charge in [-0.05, 0) is 18.2 Å². The molecular formula is C14H9Cl4N3O2. The van der Waals surface area contributed by atoms with E-state index in [0.717, 1.165) is 0 Å². The summed E-state index contributed by atoms with van der Waals surface area (Å²) in [5.41, 5.74) is 0.804. The van der Waals surface area contributed by atoms with Gasteiger partial charge in [0.05, 0.1) is 15.1 Å². The van der Waals surface area contributed by atoms with E-state index >= 15 is 0 Å². The Morgan fingerprint density at radius 1 is 0.957 bits per heavy atom. The first-order valence-corrected chi connectivity index (χ1v) is 7.69. The molecule has 2 N–H and O–H groups in total. The summed E-state index contributed by atoms with van der Waals surface area (Å²) in [6, 6.07) is 6.55. The lowest BCUT2D eigenvalue weighted by Gasteiger charge is -2.10. The van der Waals surface area contributed by atoms with Gasteiger partial charge in [-0.1, -0.05) is 52.5 Å². The van der Waals surface area contributed by atoms with Crippen molar-refractivity contribution in [1.82, 2.24) is 4.98 Å². The molecule has 0 unspecified atom stereocenters. The number of pyridine rings is 1. The Morgan fingerprint density at radius 3 is 2.17 bits per heavy atom. The summed E-state index contributed by atoms with van der Waals surface area (Å²) in [7, 11) is 0. The molecular weight excluding hydrogens is 384 g/mol. The zero-order valence-corrected chi connectivity index (χ0v) is 14.6. The molecule has 2 rings (SSSR count). The number of hydrogen-bond donors (Lipinski definition) is 2. The maximum Gasteiger partial charge on any atom is 0.275 e. The van der Waals surface area contributed by atoms with Crippen molar-refractivity contribution in [2.45, 2.75) is 6.92 Å². The van der Waals surface area contributed by atoms with Crippen molar-refractivity contribution in [3.05, 3.63) is 50.2 Å². The van der Waals surface area contributed by atoms with Crippen molar-refractivity contribution in [1.29, 1.82) is 0 Å². The predicted molar refractivity (Wildman–Crippen MR) is 93.0 cm³/mol. The number of benzene rings is 1. The molecule has 9 heteroatoms. The number of nitrogens with zero attached hydrogens (tertiary/aromatic N) is 1. The van der Waals surface area contributed by atoms with Crippen LogP contribution >= 0.6 is 46.4 Å². The number of amides is 2. The van der Waals surface area contributed by atoms with Gasteiger partial charge in [-0.15, -0.1) is 0 Å². The summed E-state index contributed by atoms with van der Waals surface area (Å²) in [5.74, 6) is -0.843. The van der Waals surface area contributed by atoms with Crippen LogP contribution in [0.4, 0.5) is 11.4 Å². The third kappa shape index (κ3) is 4.26. The molecule has 2 amide bonds. The summed E-state index contributed by atoms with van der Waals surface area (Å²) in [6.45, 7) is 1.38. The number of halogens is 4. The smallest absolute Gasteiger partial charge is 0.275 e. The minimum absolute atomic E-state index is 0.0254. The van der Waals surface area contributed by atoms with Gasteiger partial charge in [0.2, 0.25) is 5.91 Å². The molecule has 0 atom stereocenters. The highest BCUT2D eigenvalue weighted by atomic mass is 35.5. The Kier molecular flexibility index (Phi) is 5.70. The second kappa shape index (κ2) is 7.36. The van der Waals surface area contributed by atoms with E-state index < -0.39 is 5.91 Å². The topological polar surface area (TPSA) is 71.1 Å². The Morgan fingerprint density at radius 2 is 1.57 bits per heavy atom. The average molecular weight is 393 g/mol. The highest BCUT2D eigenvalue weighted by Gasteiger charge is 2.20. The Labute approximate surface area is 151 Å². The fraction of sp³-hybridized carbons (Fsp3) is 0.0714. The summed E-state index contributed by atoms with van der Waals surface area (Å²) in [6.07, 6.45) is 0. The standard InChI is InChI=1S/C14H9Cl4N3O2/c1-6(22)19-7-3-2-4-8(5-7)20-14(23)12-10(16)9(15)11(17)13(18)21-12/h2-5H,1H3,(H,19,22)(H,20,23). The number of hydrogen-bond acceptors (Lipinski definition) is 3. The van der Waals surface area contributed by atoms with Crippen molar-refractivity contribution in [3.63, 3.8) is 0 Å². The van der Waals surface area contributed by atoms with Crippen LogP contribution in [0.5, 0.6) is 0 Å². The fourth-order valence-electron chi connectivity index (χ4n) is 1.71. The van der Waals surface area contributed by atoms with Crippen LogP contribution in [0.2, 0.25) is 20.2 Å².